The average molecular weight is 291 g/mol. The fourth-order valence-electron chi connectivity index (χ4n) is 2.83. The molecule has 0 spiro atoms. The molecule has 0 radical (unpaired) electrons. The van der Waals surface area contributed by atoms with Crippen molar-refractivity contribution in [2.24, 2.45) is 0 Å². The second kappa shape index (κ2) is 6.61. The van der Waals surface area contributed by atoms with Crippen LogP contribution in [-0.2, 0) is 4.79 Å². The summed E-state index contributed by atoms with van der Waals surface area (Å²) in [6, 6.07) is 6.57. The first-order chi connectivity index (χ1) is 9.99. The molecule has 1 fully saturated rings. The molecule has 1 N–H and O–H groups in total. The van der Waals surface area contributed by atoms with Gasteiger partial charge in [0.05, 0.1) is 5.56 Å². The van der Waals surface area contributed by atoms with Crippen molar-refractivity contribution in [1.82, 2.24) is 4.90 Å². The highest BCUT2D eigenvalue weighted by atomic mass is 16.5. The van der Waals surface area contributed by atoms with Crippen molar-refractivity contribution in [2.75, 3.05) is 6.61 Å². The number of likely N-dealkylation sites (tertiary alicyclic amines) is 1. The second-order valence-corrected chi connectivity index (χ2v) is 5.55. The number of ether oxygens (including phenoxy) is 1. The van der Waals surface area contributed by atoms with Gasteiger partial charge in [-0.3, -0.25) is 4.79 Å². The molecule has 1 aromatic carbocycles. The van der Waals surface area contributed by atoms with Gasteiger partial charge in [-0.25, -0.2) is 4.79 Å². The summed E-state index contributed by atoms with van der Waals surface area (Å²) in [6.07, 6.45) is 3.22. The van der Waals surface area contributed by atoms with Crippen LogP contribution in [0.5, 0.6) is 5.75 Å². The normalized spacial score (nSPS) is 21.9. The Balaban J connectivity index is 1.92. The van der Waals surface area contributed by atoms with Crippen LogP contribution in [0.25, 0.3) is 0 Å². The van der Waals surface area contributed by atoms with E-state index in [9.17, 15) is 9.59 Å². The number of carbonyl (C=O) groups is 2. The van der Waals surface area contributed by atoms with Gasteiger partial charge in [0.15, 0.2) is 6.61 Å². The van der Waals surface area contributed by atoms with Crippen LogP contribution in [0.2, 0.25) is 0 Å². The molecule has 0 saturated carbocycles. The average Bonchev–Trinajstić information content (AvgIpc) is 2.45. The van der Waals surface area contributed by atoms with Crippen molar-refractivity contribution >= 4 is 11.9 Å². The molecular weight excluding hydrogens is 270 g/mol. The lowest BCUT2D eigenvalue weighted by molar-refractivity contribution is -0.139. The Morgan fingerprint density at radius 1 is 1.19 bits per heavy atom. The van der Waals surface area contributed by atoms with Crippen LogP contribution in [0.3, 0.4) is 0 Å². The number of amides is 1. The van der Waals surface area contributed by atoms with Crippen LogP contribution in [0.15, 0.2) is 24.3 Å². The Kier molecular flexibility index (Phi) is 4.83. The third kappa shape index (κ3) is 3.74. The topological polar surface area (TPSA) is 66.8 Å². The Hall–Kier alpha value is -2.04. The molecule has 1 amide bonds. The van der Waals surface area contributed by atoms with Gasteiger partial charge in [-0.2, -0.15) is 0 Å². The Morgan fingerprint density at radius 3 is 2.29 bits per heavy atom. The smallest absolute Gasteiger partial charge is 0.335 e. The van der Waals surface area contributed by atoms with Gasteiger partial charge in [0.2, 0.25) is 0 Å². The SMILES string of the molecule is C[C@@H]1CCC[C@H](C)N1C(=O)COc1ccc(C(=O)O)cc1. The number of hydrogen-bond acceptors (Lipinski definition) is 3. The number of carbonyl (C=O) groups excluding carboxylic acids is 1. The summed E-state index contributed by atoms with van der Waals surface area (Å²) in [7, 11) is 0. The highest BCUT2D eigenvalue weighted by molar-refractivity contribution is 5.87. The third-order valence-corrected chi connectivity index (χ3v) is 3.95. The Labute approximate surface area is 124 Å². The maximum absolute atomic E-state index is 12.3. The summed E-state index contributed by atoms with van der Waals surface area (Å²) < 4.78 is 5.47. The third-order valence-electron chi connectivity index (χ3n) is 3.95. The highest BCUT2D eigenvalue weighted by Gasteiger charge is 2.28. The number of aromatic carboxylic acids is 1. The molecule has 0 unspecified atom stereocenters. The Bertz CT molecular complexity index is 502. The molecule has 5 heteroatoms. The van der Waals surface area contributed by atoms with Crippen LogP contribution >= 0.6 is 0 Å². The van der Waals surface area contributed by atoms with E-state index in [-0.39, 0.29) is 30.2 Å². The van der Waals surface area contributed by atoms with E-state index in [1.807, 2.05) is 4.90 Å². The lowest BCUT2D eigenvalue weighted by Gasteiger charge is -2.38. The molecular formula is C16H21NO4. The predicted molar refractivity (Wildman–Crippen MR) is 78.5 cm³/mol. The molecule has 1 aromatic rings. The summed E-state index contributed by atoms with van der Waals surface area (Å²) in [5.74, 6) is -0.490. The second-order valence-electron chi connectivity index (χ2n) is 5.55. The molecule has 5 nitrogen and oxygen atoms in total. The largest absolute Gasteiger partial charge is 0.484 e. The number of carboxylic acid groups (broad SMARTS) is 1. The van der Waals surface area contributed by atoms with Crippen molar-refractivity contribution < 1.29 is 19.4 Å². The molecule has 114 valence electrons. The minimum absolute atomic E-state index is 0.0128. The standard InChI is InChI=1S/C16H21NO4/c1-11-4-3-5-12(2)17(11)15(18)10-21-14-8-6-13(7-9-14)16(19)20/h6-9,11-12H,3-5,10H2,1-2H3,(H,19,20)/t11-,12+. The first-order valence-corrected chi connectivity index (χ1v) is 7.26. The molecule has 2 atom stereocenters. The monoisotopic (exact) mass is 291 g/mol. The molecule has 1 heterocycles. The molecule has 0 bridgehead atoms. The zero-order valence-corrected chi connectivity index (χ0v) is 12.4. The molecule has 1 aliphatic heterocycles. The molecule has 0 aromatic heterocycles. The van der Waals surface area contributed by atoms with Gasteiger partial charge in [-0.05, 0) is 57.4 Å². The fraction of sp³-hybridized carbons (Fsp3) is 0.500. The maximum atomic E-state index is 12.3. The van der Waals surface area contributed by atoms with Gasteiger partial charge < -0.3 is 14.7 Å². The van der Waals surface area contributed by atoms with Gasteiger partial charge in [-0.15, -0.1) is 0 Å². The predicted octanol–water partition coefficient (Wildman–Crippen LogP) is 2.55. The van der Waals surface area contributed by atoms with Gasteiger partial charge >= 0.3 is 5.97 Å². The van der Waals surface area contributed by atoms with E-state index in [0.717, 1.165) is 19.3 Å². The van der Waals surface area contributed by atoms with E-state index in [4.69, 9.17) is 9.84 Å². The van der Waals surface area contributed by atoms with Gasteiger partial charge in [-0.1, -0.05) is 0 Å². The molecule has 1 saturated heterocycles. The molecule has 21 heavy (non-hydrogen) atoms. The summed E-state index contributed by atoms with van der Waals surface area (Å²) in [5, 5.41) is 8.82. The molecule has 1 aliphatic rings. The van der Waals surface area contributed by atoms with Gasteiger partial charge in [0.1, 0.15) is 5.75 Å². The van der Waals surface area contributed by atoms with E-state index in [1.54, 1.807) is 12.1 Å². The molecule has 2 rings (SSSR count). The van der Waals surface area contributed by atoms with E-state index in [2.05, 4.69) is 13.8 Å². The minimum atomic E-state index is -0.978. The summed E-state index contributed by atoms with van der Waals surface area (Å²) in [5.41, 5.74) is 0.201. The van der Waals surface area contributed by atoms with Crippen LogP contribution < -0.4 is 4.74 Å². The van der Waals surface area contributed by atoms with Gasteiger partial charge in [0.25, 0.3) is 5.91 Å². The zero-order valence-electron chi connectivity index (χ0n) is 12.4. The number of nitrogens with zero attached hydrogens (tertiary/aromatic N) is 1. The van der Waals surface area contributed by atoms with Crippen molar-refractivity contribution in [3.8, 4) is 5.75 Å². The van der Waals surface area contributed by atoms with Crippen LogP contribution in [-0.4, -0.2) is 40.6 Å². The van der Waals surface area contributed by atoms with E-state index in [1.165, 1.54) is 12.1 Å². The first-order valence-electron chi connectivity index (χ1n) is 7.26. The maximum Gasteiger partial charge on any atom is 0.335 e. The van der Waals surface area contributed by atoms with E-state index >= 15 is 0 Å². The van der Waals surface area contributed by atoms with Crippen molar-refractivity contribution in [2.45, 2.75) is 45.2 Å². The lowest BCUT2D eigenvalue weighted by atomic mass is 9.97. The van der Waals surface area contributed by atoms with Crippen LogP contribution in [0, 0.1) is 0 Å². The van der Waals surface area contributed by atoms with Crippen molar-refractivity contribution in [3.63, 3.8) is 0 Å². The van der Waals surface area contributed by atoms with Crippen molar-refractivity contribution in [3.05, 3.63) is 29.8 Å². The zero-order chi connectivity index (χ0) is 15.4. The van der Waals surface area contributed by atoms with Crippen molar-refractivity contribution in [1.29, 1.82) is 0 Å². The minimum Gasteiger partial charge on any atom is -0.484 e. The quantitative estimate of drug-likeness (QED) is 0.925. The number of piperidine rings is 1. The van der Waals surface area contributed by atoms with E-state index in [0.29, 0.717) is 5.75 Å². The number of rotatable bonds is 4. The lowest BCUT2D eigenvalue weighted by Crippen LogP contribution is -2.49. The fourth-order valence-corrected chi connectivity index (χ4v) is 2.83. The van der Waals surface area contributed by atoms with Crippen LogP contribution in [0.4, 0.5) is 0 Å². The van der Waals surface area contributed by atoms with Gasteiger partial charge in [0, 0.05) is 12.1 Å². The number of benzene rings is 1. The highest BCUT2D eigenvalue weighted by Crippen LogP contribution is 2.22. The summed E-state index contributed by atoms with van der Waals surface area (Å²) >= 11 is 0. The van der Waals surface area contributed by atoms with Crippen LogP contribution in [0.1, 0.15) is 43.5 Å². The number of carboxylic acids is 1. The molecule has 0 aliphatic carbocycles. The first kappa shape index (κ1) is 15.4. The number of hydrogen-bond donors (Lipinski definition) is 1. The summed E-state index contributed by atoms with van der Waals surface area (Å²) in [4.78, 5) is 24.9. The summed E-state index contributed by atoms with van der Waals surface area (Å²) in [6.45, 7) is 4.12. The van der Waals surface area contributed by atoms with E-state index < -0.39 is 5.97 Å². The Morgan fingerprint density at radius 2 is 1.76 bits per heavy atom.